The predicted octanol–water partition coefficient (Wildman–Crippen LogP) is 6.63. The Morgan fingerprint density at radius 1 is 1.05 bits per heavy atom. The lowest BCUT2D eigenvalue weighted by atomic mass is 9.93. The van der Waals surface area contributed by atoms with Gasteiger partial charge in [-0.2, -0.15) is 23.8 Å². The van der Waals surface area contributed by atoms with E-state index in [1.807, 2.05) is 6.08 Å². The number of aryl methyl sites for hydroxylation is 1. The van der Waals surface area contributed by atoms with Crippen LogP contribution in [-0.2, 0) is 25.7 Å². The summed E-state index contributed by atoms with van der Waals surface area (Å²) in [5.41, 5.74) is 3.56. The molecule has 224 valence electrons. The number of nitrogens with one attached hydrogen (secondary N) is 1. The lowest BCUT2D eigenvalue weighted by Crippen LogP contribution is -2.35. The van der Waals surface area contributed by atoms with E-state index in [0.717, 1.165) is 49.3 Å². The van der Waals surface area contributed by atoms with Crippen LogP contribution in [0.2, 0.25) is 0 Å². The molecule has 3 aromatic rings. The number of halogens is 5. The lowest BCUT2D eigenvalue weighted by molar-refractivity contribution is -0.137. The predicted molar refractivity (Wildman–Crippen MR) is 160 cm³/mol. The van der Waals surface area contributed by atoms with E-state index < -0.39 is 22.3 Å². The Balaban J connectivity index is 0.00000231. The van der Waals surface area contributed by atoms with Crippen LogP contribution in [0.4, 0.5) is 13.2 Å². The Bertz CT molecular complexity index is 1420. The summed E-state index contributed by atoms with van der Waals surface area (Å²) < 4.78 is 64.8. The summed E-state index contributed by atoms with van der Waals surface area (Å²) in [7, 11) is -2.38. The zero-order chi connectivity index (χ0) is 27.6. The number of fused-ring (bicyclic) bond motifs is 1. The Kier molecular flexibility index (Phi) is 11.0. The molecule has 0 bridgehead atoms. The van der Waals surface area contributed by atoms with Gasteiger partial charge in [0.15, 0.2) is 0 Å². The minimum Gasteiger partial charge on any atom is -0.487 e. The van der Waals surface area contributed by atoms with Crippen LogP contribution in [0.15, 0.2) is 59.7 Å². The fraction of sp³-hybridized carbons (Fsp3) is 0.357. The van der Waals surface area contributed by atoms with Gasteiger partial charge in [0.25, 0.3) is 5.56 Å². The van der Waals surface area contributed by atoms with Crippen molar-refractivity contribution < 1.29 is 27.0 Å². The van der Waals surface area contributed by atoms with Crippen LogP contribution < -0.4 is 15.6 Å². The number of hydrogen-bond donors (Lipinski definition) is 3. The normalized spacial score (nSPS) is 17.3. The quantitative estimate of drug-likeness (QED) is 0.270. The van der Waals surface area contributed by atoms with Crippen LogP contribution in [0, 0.1) is 0 Å². The summed E-state index contributed by atoms with van der Waals surface area (Å²) in [6.07, 6.45) is 3.00. The molecule has 0 unspecified atom stereocenters. The minimum atomic E-state index is -4.45. The maximum atomic E-state index is 12.8. The van der Waals surface area contributed by atoms with Gasteiger partial charge in [-0.1, -0.05) is 18.2 Å². The maximum Gasteiger partial charge on any atom is 0.417 e. The molecule has 1 saturated heterocycles. The third kappa shape index (κ3) is 8.50. The van der Waals surface area contributed by atoms with E-state index in [4.69, 9.17) is 4.74 Å². The monoisotopic (exact) mass is 633 g/mol. The van der Waals surface area contributed by atoms with Crippen molar-refractivity contribution in [3.05, 3.63) is 93.2 Å². The second-order valence-corrected chi connectivity index (χ2v) is 12.4. The van der Waals surface area contributed by atoms with Gasteiger partial charge in [0, 0.05) is 48.2 Å². The molecule has 1 fully saturated rings. The first-order valence-electron chi connectivity index (χ1n) is 12.7. The van der Waals surface area contributed by atoms with Crippen molar-refractivity contribution in [3.63, 3.8) is 0 Å². The van der Waals surface area contributed by atoms with Crippen molar-refractivity contribution in [2.45, 2.75) is 51.1 Å². The molecule has 0 amide bonds. The summed E-state index contributed by atoms with van der Waals surface area (Å²) in [5, 5.41) is 3.53. The van der Waals surface area contributed by atoms with Crippen molar-refractivity contribution in [1.82, 2.24) is 14.9 Å². The molecule has 3 N–H and O–H groups in total. The van der Waals surface area contributed by atoms with Crippen molar-refractivity contribution >= 4 is 47.2 Å². The molecule has 0 spiro atoms. The van der Waals surface area contributed by atoms with Crippen molar-refractivity contribution in [3.8, 4) is 5.75 Å². The van der Waals surface area contributed by atoms with Crippen molar-refractivity contribution in [1.29, 1.82) is 0 Å². The molecule has 13 heteroatoms. The molecule has 0 atom stereocenters. The van der Waals surface area contributed by atoms with Gasteiger partial charge in [0.05, 0.1) is 11.3 Å². The zero-order valence-electron chi connectivity index (χ0n) is 22.0. The van der Waals surface area contributed by atoms with E-state index in [2.05, 4.69) is 28.5 Å². The van der Waals surface area contributed by atoms with Crippen molar-refractivity contribution in [2.75, 3.05) is 11.5 Å². The largest absolute Gasteiger partial charge is 0.487 e. The van der Waals surface area contributed by atoms with Gasteiger partial charge in [-0.05, 0) is 66.6 Å². The van der Waals surface area contributed by atoms with Crippen molar-refractivity contribution in [2.24, 2.45) is 0 Å². The van der Waals surface area contributed by atoms with E-state index in [1.54, 1.807) is 16.8 Å². The maximum absolute atomic E-state index is 12.8. The minimum absolute atomic E-state index is 0. The number of rotatable bonds is 7. The number of hydrogen-bond acceptors (Lipinski definition) is 6. The van der Waals surface area contributed by atoms with Crippen LogP contribution in [0.25, 0.3) is 11.8 Å². The first-order valence-corrected chi connectivity index (χ1v) is 14.6. The Hall–Kier alpha value is -2.54. The molecule has 7 nitrogen and oxygen atoms in total. The van der Waals surface area contributed by atoms with Crippen LogP contribution >= 0.6 is 35.4 Å². The molecule has 0 saturated carbocycles. The molecule has 1 aromatic carbocycles. The average Bonchev–Trinajstić information content (AvgIpc) is 2.91. The fourth-order valence-electron chi connectivity index (χ4n) is 4.83. The smallest absolute Gasteiger partial charge is 0.417 e. The van der Waals surface area contributed by atoms with E-state index in [0.29, 0.717) is 29.4 Å². The Labute approximate surface area is 250 Å². The average molecular weight is 635 g/mol. The number of alkyl halides is 3. The second kappa shape index (κ2) is 13.6. The van der Waals surface area contributed by atoms with Gasteiger partial charge in [-0.3, -0.25) is 23.5 Å². The van der Waals surface area contributed by atoms with Crippen LogP contribution in [0.1, 0.15) is 47.2 Å². The molecule has 41 heavy (non-hydrogen) atoms. The van der Waals surface area contributed by atoms with Gasteiger partial charge >= 0.3 is 6.18 Å². The molecule has 1 aliphatic carbocycles. The summed E-state index contributed by atoms with van der Waals surface area (Å²) >= 11 is 0. The zero-order valence-corrected chi connectivity index (χ0v) is 24.4. The van der Waals surface area contributed by atoms with Crippen LogP contribution in [0.5, 0.6) is 5.75 Å². The summed E-state index contributed by atoms with van der Waals surface area (Å²) in [5.74, 6) is 1.24. The molecule has 0 radical (unpaired) electrons. The Morgan fingerprint density at radius 2 is 1.80 bits per heavy atom. The van der Waals surface area contributed by atoms with Crippen LogP contribution in [0.3, 0.4) is 0 Å². The fourth-order valence-corrected chi connectivity index (χ4v) is 6.36. The van der Waals surface area contributed by atoms with Gasteiger partial charge in [0.2, 0.25) is 0 Å². The highest BCUT2D eigenvalue weighted by atomic mass is 35.5. The first-order chi connectivity index (χ1) is 18.6. The molecule has 1 aliphatic heterocycles. The van der Waals surface area contributed by atoms with E-state index >= 15 is 0 Å². The van der Waals surface area contributed by atoms with Gasteiger partial charge < -0.3 is 10.1 Å². The second-order valence-electron chi connectivity index (χ2n) is 9.93. The number of allylic oxidation sites excluding steroid dienone is 1. The van der Waals surface area contributed by atoms with Crippen LogP contribution in [-0.4, -0.2) is 36.2 Å². The van der Waals surface area contributed by atoms with Gasteiger partial charge in [0.1, 0.15) is 12.4 Å². The Morgan fingerprint density at radius 3 is 2.46 bits per heavy atom. The van der Waals surface area contributed by atoms with Gasteiger partial charge in [-0.25, -0.2) is 0 Å². The summed E-state index contributed by atoms with van der Waals surface area (Å²) in [6, 6.07) is 11.8. The highest BCUT2D eigenvalue weighted by Crippen LogP contribution is 2.43. The standard InChI is InChI=1S/C28H30F3N3O4S.2ClH/c29-28(30,31)22-4-5-24(33-17-22)18-38-26-7-10-34(27(35)15-26)25-6-3-20-13-19(1-2-21(20)14-25)16-32-23-8-11-39(36,37)12-9-23;;/h1-2,4-5,7,10,13-15,17,23,32,36-37H,3,6,8-9,11-12,16,18H2;2*1H. The molecule has 2 aliphatic rings. The van der Waals surface area contributed by atoms with E-state index in [9.17, 15) is 27.1 Å². The lowest BCUT2D eigenvalue weighted by Gasteiger charge is -2.39. The van der Waals surface area contributed by atoms with E-state index in [-0.39, 0.29) is 43.0 Å². The third-order valence-electron chi connectivity index (χ3n) is 7.10. The molecule has 3 heterocycles. The molecule has 2 aromatic heterocycles. The highest BCUT2D eigenvalue weighted by Gasteiger charge is 2.30. The first kappa shape index (κ1) is 33.0. The summed E-state index contributed by atoms with van der Waals surface area (Å²) in [6.45, 7) is 0.664. The number of aromatic nitrogens is 2. The number of ether oxygens (including phenoxy) is 1. The molecular formula is C28H32Cl2F3N3O4S. The molecule has 5 rings (SSSR count). The molecular weight excluding hydrogens is 602 g/mol. The third-order valence-corrected chi connectivity index (χ3v) is 8.88. The van der Waals surface area contributed by atoms with Gasteiger partial charge in [-0.15, -0.1) is 24.8 Å². The topological polar surface area (TPSA) is 96.6 Å². The number of pyridine rings is 2. The van der Waals surface area contributed by atoms with E-state index in [1.165, 1.54) is 23.3 Å². The number of benzene rings is 1. The highest BCUT2D eigenvalue weighted by molar-refractivity contribution is 8.24. The summed E-state index contributed by atoms with van der Waals surface area (Å²) in [4.78, 5) is 16.6. The number of nitrogens with zero attached hydrogens (tertiary/aromatic N) is 2. The SMILES string of the molecule is Cl.Cl.O=c1cc(OCc2ccc(C(F)(F)F)cn2)ccn1C1=Cc2ccc(CNC3CCS(O)(O)CC3)cc2CC1.